The minimum atomic E-state index is -4.43. The van der Waals surface area contributed by atoms with Gasteiger partial charge in [-0.2, -0.15) is 13.2 Å². The third kappa shape index (κ3) is 4.84. The third-order valence-corrected chi connectivity index (χ3v) is 4.19. The maximum Gasteiger partial charge on any atom is 0.416 e. The van der Waals surface area contributed by atoms with Crippen LogP contribution in [0.15, 0.2) is 54.6 Å². The van der Waals surface area contributed by atoms with E-state index < -0.39 is 35.5 Å². The number of halogens is 3. The molecule has 7 heteroatoms. The summed E-state index contributed by atoms with van der Waals surface area (Å²) in [5.41, 5.74) is 0.373. The minimum Gasteiger partial charge on any atom is -0.481 e. The van der Waals surface area contributed by atoms with E-state index in [1.165, 1.54) is 12.1 Å². The van der Waals surface area contributed by atoms with Crippen molar-refractivity contribution in [2.24, 2.45) is 5.92 Å². The summed E-state index contributed by atoms with van der Waals surface area (Å²) in [6, 6.07) is 12.9. The van der Waals surface area contributed by atoms with Crippen molar-refractivity contribution >= 4 is 11.9 Å². The lowest BCUT2D eigenvalue weighted by Gasteiger charge is -2.21. The van der Waals surface area contributed by atoms with Gasteiger partial charge in [0.2, 0.25) is 0 Å². The molecule has 0 aliphatic carbocycles. The van der Waals surface area contributed by atoms with Gasteiger partial charge in [-0.1, -0.05) is 42.5 Å². The van der Waals surface area contributed by atoms with Gasteiger partial charge in [-0.05, 0) is 36.1 Å². The topological polar surface area (TPSA) is 74.6 Å². The lowest BCUT2D eigenvalue weighted by Crippen LogP contribution is -2.30. The van der Waals surface area contributed by atoms with Gasteiger partial charge in [-0.3, -0.25) is 9.59 Å². The first kappa shape index (κ1) is 19.5. The van der Waals surface area contributed by atoms with Gasteiger partial charge in [-0.15, -0.1) is 0 Å². The van der Waals surface area contributed by atoms with E-state index in [0.29, 0.717) is 11.1 Å². The van der Waals surface area contributed by atoms with Crippen molar-refractivity contribution in [3.05, 3.63) is 71.3 Å². The van der Waals surface area contributed by atoms with Gasteiger partial charge >= 0.3 is 18.1 Å². The number of benzene rings is 2. The zero-order chi connectivity index (χ0) is 19.3. The molecule has 2 rings (SSSR count). The van der Waals surface area contributed by atoms with Crippen molar-refractivity contribution in [3.8, 4) is 0 Å². The second-order valence-corrected chi connectivity index (χ2v) is 5.90. The van der Waals surface area contributed by atoms with Crippen LogP contribution in [0.3, 0.4) is 0 Å². The Morgan fingerprint density at radius 2 is 1.42 bits per heavy atom. The quantitative estimate of drug-likeness (QED) is 0.720. The molecule has 0 aliphatic rings. The molecule has 26 heavy (non-hydrogen) atoms. The number of carbonyl (C=O) groups is 2. The van der Waals surface area contributed by atoms with E-state index in [4.69, 9.17) is 0 Å². The van der Waals surface area contributed by atoms with Gasteiger partial charge in [0.15, 0.2) is 5.92 Å². The predicted octanol–water partition coefficient (Wildman–Crippen LogP) is 4.21. The smallest absolute Gasteiger partial charge is 0.416 e. The molecule has 0 aliphatic heterocycles. The molecule has 0 heterocycles. The number of rotatable bonds is 7. The molecule has 0 saturated heterocycles. The van der Waals surface area contributed by atoms with Crippen LogP contribution in [0, 0.1) is 5.92 Å². The molecule has 0 bridgehead atoms. The number of aryl methyl sites for hydroxylation is 1. The van der Waals surface area contributed by atoms with Crippen molar-refractivity contribution in [2.45, 2.75) is 24.9 Å². The SMILES string of the molecule is O=C(O)C(C(=O)O)[C@H](CCc1ccc(C(F)(F)F)cc1)c1ccccc1. The van der Waals surface area contributed by atoms with E-state index in [2.05, 4.69) is 0 Å². The molecule has 1 atom stereocenters. The molecule has 138 valence electrons. The molecule has 2 aromatic rings. The average molecular weight is 366 g/mol. The molecule has 0 aromatic heterocycles. The maximum atomic E-state index is 12.6. The first-order chi connectivity index (χ1) is 12.2. The number of hydrogen-bond donors (Lipinski definition) is 2. The van der Waals surface area contributed by atoms with E-state index in [1.807, 2.05) is 0 Å². The summed E-state index contributed by atoms with van der Waals surface area (Å²) in [5.74, 6) is -5.32. The fourth-order valence-corrected chi connectivity index (χ4v) is 2.86. The Bertz CT molecular complexity index is 741. The van der Waals surface area contributed by atoms with E-state index in [1.54, 1.807) is 30.3 Å². The Balaban J connectivity index is 2.22. The second-order valence-electron chi connectivity index (χ2n) is 5.90. The number of aliphatic carboxylic acids is 2. The van der Waals surface area contributed by atoms with Gasteiger partial charge < -0.3 is 10.2 Å². The van der Waals surface area contributed by atoms with Crippen LogP contribution < -0.4 is 0 Å². The van der Waals surface area contributed by atoms with Gasteiger partial charge in [0, 0.05) is 5.92 Å². The molecule has 0 fully saturated rings. The normalized spacial score (nSPS) is 12.8. The Kier molecular flexibility index (Phi) is 6.02. The zero-order valence-corrected chi connectivity index (χ0v) is 13.6. The lowest BCUT2D eigenvalue weighted by atomic mass is 9.82. The van der Waals surface area contributed by atoms with Crippen molar-refractivity contribution in [3.63, 3.8) is 0 Å². The Hall–Kier alpha value is -2.83. The molecule has 2 N–H and O–H groups in total. The van der Waals surface area contributed by atoms with Crippen LogP contribution in [-0.2, 0) is 22.2 Å². The van der Waals surface area contributed by atoms with Crippen LogP contribution in [-0.4, -0.2) is 22.2 Å². The number of hydrogen-bond acceptors (Lipinski definition) is 2. The Morgan fingerprint density at radius 1 is 0.885 bits per heavy atom. The monoisotopic (exact) mass is 366 g/mol. The molecule has 2 aromatic carbocycles. The first-order valence-corrected chi connectivity index (χ1v) is 7.87. The summed E-state index contributed by atoms with van der Waals surface area (Å²) < 4.78 is 37.8. The molecular formula is C19H17F3O4. The Morgan fingerprint density at radius 3 is 1.88 bits per heavy atom. The average Bonchev–Trinajstić information content (AvgIpc) is 2.58. The van der Waals surface area contributed by atoms with Crippen molar-refractivity contribution in [1.29, 1.82) is 0 Å². The molecule has 0 unspecified atom stereocenters. The van der Waals surface area contributed by atoms with Gasteiger partial charge in [0.1, 0.15) is 0 Å². The Labute approximate surface area is 147 Å². The fourth-order valence-electron chi connectivity index (χ4n) is 2.86. The number of carboxylic acids is 2. The highest BCUT2D eigenvalue weighted by atomic mass is 19.4. The van der Waals surface area contributed by atoms with Gasteiger partial charge in [-0.25, -0.2) is 0 Å². The highest BCUT2D eigenvalue weighted by Gasteiger charge is 2.35. The van der Waals surface area contributed by atoms with Crippen LogP contribution in [0.2, 0.25) is 0 Å². The molecule has 0 radical (unpaired) electrons. The van der Waals surface area contributed by atoms with Gasteiger partial charge in [0.25, 0.3) is 0 Å². The van der Waals surface area contributed by atoms with E-state index in [-0.39, 0.29) is 12.8 Å². The van der Waals surface area contributed by atoms with Crippen LogP contribution in [0.4, 0.5) is 13.2 Å². The van der Waals surface area contributed by atoms with E-state index in [0.717, 1.165) is 12.1 Å². The second kappa shape index (κ2) is 8.03. The number of alkyl halides is 3. The van der Waals surface area contributed by atoms with Crippen LogP contribution >= 0.6 is 0 Å². The van der Waals surface area contributed by atoms with Crippen LogP contribution in [0.25, 0.3) is 0 Å². The minimum absolute atomic E-state index is 0.179. The maximum absolute atomic E-state index is 12.6. The summed E-state index contributed by atoms with van der Waals surface area (Å²) in [4.78, 5) is 22.8. The van der Waals surface area contributed by atoms with Crippen molar-refractivity contribution in [1.82, 2.24) is 0 Å². The van der Waals surface area contributed by atoms with E-state index >= 15 is 0 Å². The highest BCUT2D eigenvalue weighted by molar-refractivity contribution is 5.94. The summed E-state index contributed by atoms with van der Waals surface area (Å²) in [5, 5.41) is 18.6. The fraction of sp³-hybridized carbons (Fsp3) is 0.263. The molecule has 0 spiro atoms. The third-order valence-electron chi connectivity index (χ3n) is 4.19. The standard InChI is InChI=1S/C19H17F3O4/c20-19(21,22)14-9-6-12(7-10-14)8-11-15(13-4-2-1-3-5-13)16(17(23)24)18(25)26/h1-7,9-10,15-16H,8,11H2,(H,23,24)(H,25,26)/t15-/m1/s1. The van der Waals surface area contributed by atoms with Gasteiger partial charge in [0.05, 0.1) is 5.56 Å². The molecule has 4 nitrogen and oxygen atoms in total. The van der Waals surface area contributed by atoms with Crippen LogP contribution in [0.5, 0.6) is 0 Å². The summed E-state index contributed by atoms with van der Waals surface area (Å²) in [6.07, 6.45) is -3.99. The summed E-state index contributed by atoms with van der Waals surface area (Å²) in [6.45, 7) is 0. The summed E-state index contributed by atoms with van der Waals surface area (Å²) >= 11 is 0. The number of carboxylic acid groups (broad SMARTS) is 2. The zero-order valence-electron chi connectivity index (χ0n) is 13.6. The lowest BCUT2D eigenvalue weighted by molar-refractivity contribution is -0.155. The summed E-state index contributed by atoms with van der Waals surface area (Å²) in [7, 11) is 0. The highest BCUT2D eigenvalue weighted by Crippen LogP contribution is 2.32. The van der Waals surface area contributed by atoms with Crippen LogP contribution in [0.1, 0.15) is 29.0 Å². The van der Waals surface area contributed by atoms with E-state index in [9.17, 15) is 33.0 Å². The molecule has 0 saturated carbocycles. The van der Waals surface area contributed by atoms with Crippen molar-refractivity contribution in [2.75, 3.05) is 0 Å². The molecular weight excluding hydrogens is 349 g/mol. The largest absolute Gasteiger partial charge is 0.481 e. The first-order valence-electron chi connectivity index (χ1n) is 7.87. The predicted molar refractivity (Wildman–Crippen MR) is 87.7 cm³/mol. The van der Waals surface area contributed by atoms with Crippen molar-refractivity contribution < 1.29 is 33.0 Å². The molecule has 0 amide bonds.